The van der Waals surface area contributed by atoms with Crippen LogP contribution in [-0.4, -0.2) is 37.3 Å². The molecule has 3 aromatic carbocycles. The lowest BCUT2D eigenvalue weighted by molar-refractivity contribution is 0.0528. The Morgan fingerprint density at radius 1 is 1.00 bits per heavy atom. The van der Waals surface area contributed by atoms with Crippen molar-refractivity contribution in [2.24, 2.45) is 0 Å². The second-order valence-electron chi connectivity index (χ2n) is 9.68. The molecule has 8 heteroatoms. The fourth-order valence-corrected chi connectivity index (χ4v) is 5.37. The van der Waals surface area contributed by atoms with E-state index in [0.717, 1.165) is 45.6 Å². The minimum atomic E-state index is -0.407. The van der Waals surface area contributed by atoms with Gasteiger partial charge in [0.05, 0.1) is 32.1 Å². The summed E-state index contributed by atoms with van der Waals surface area (Å²) >= 11 is 0. The van der Waals surface area contributed by atoms with Crippen LogP contribution >= 0.6 is 0 Å². The van der Waals surface area contributed by atoms with Gasteiger partial charge in [-0.25, -0.2) is 4.79 Å². The summed E-state index contributed by atoms with van der Waals surface area (Å²) in [4.78, 5) is 26.6. The molecule has 3 N–H and O–H groups in total. The van der Waals surface area contributed by atoms with Crippen LogP contribution in [-0.2, 0) is 24.2 Å². The van der Waals surface area contributed by atoms with Crippen LogP contribution in [0.1, 0.15) is 44.5 Å². The monoisotopic (exact) mass is 539 g/mol. The van der Waals surface area contributed by atoms with E-state index in [9.17, 15) is 9.59 Å². The third-order valence-electron chi connectivity index (χ3n) is 7.32. The minimum Gasteiger partial charge on any atom is -0.493 e. The van der Waals surface area contributed by atoms with Crippen molar-refractivity contribution < 1.29 is 23.8 Å². The van der Waals surface area contributed by atoms with Gasteiger partial charge in [-0.2, -0.15) is 0 Å². The highest BCUT2D eigenvalue weighted by Crippen LogP contribution is 2.45. The van der Waals surface area contributed by atoms with Crippen LogP contribution in [0.15, 0.2) is 60.7 Å². The Hall–Kier alpha value is -4.72. The summed E-state index contributed by atoms with van der Waals surface area (Å²) in [6.07, 6.45) is 0.771. The summed E-state index contributed by atoms with van der Waals surface area (Å²) in [6, 6.07) is 18.6. The summed E-state index contributed by atoms with van der Waals surface area (Å²) in [5, 5.41) is 2.97. The molecule has 0 unspecified atom stereocenters. The van der Waals surface area contributed by atoms with E-state index in [4.69, 9.17) is 19.9 Å². The predicted molar refractivity (Wildman–Crippen MR) is 155 cm³/mol. The third-order valence-corrected chi connectivity index (χ3v) is 7.32. The summed E-state index contributed by atoms with van der Waals surface area (Å²) in [5.74, 6) is 0.619. The van der Waals surface area contributed by atoms with Gasteiger partial charge in [0.2, 0.25) is 0 Å². The largest absolute Gasteiger partial charge is 0.493 e. The number of fused-ring (bicyclic) bond motifs is 3. The number of rotatable bonds is 8. The van der Waals surface area contributed by atoms with E-state index in [1.54, 1.807) is 39.3 Å². The number of nitrogen functional groups attached to an aromatic ring is 1. The number of nitrogens with two attached hydrogens (primary N) is 1. The number of hydrogen-bond acceptors (Lipinski definition) is 6. The van der Waals surface area contributed by atoms with E-state index in [0.29, 0.717) is 41.4 Å². The number of carbonyl (C=O) groups is 2. The van der Waals surface area contributed by atoms with E-state index in [1.165, 1.54) is 0 Å². The first kappa shape index (κ1) is 26.9. The molecule has 1 amide bonds. The Morgan fingerprint density at radius 3 is 2.42 bits per heavy atom. The number of methoxy groups -OCH3 is 2. The maximum atomic E-state index is 13.5. The summed E-state index contributed by atoms with van der Waals surface area (Å²) in [6.45, 7) is 5.10. The number of carbonyl (C=O) groups excluding carboxylic acids is 2. The zero-order valence-electron chi connectivity index (χ0n) is 23.2. The number of benzene rings is 3. The molecule has 2 heterocycles. The molecule has 206 valence electrons. The fourth-order valence-electron chi connectivity index (χ4n) is 5.37. The normalized spacial score (nSPS) is 11.8. The van der Waals surface area contributed by atoms with Crippen molar-refractivity contribution in [2.45, 2.75) is 33.4 Å². The van der Waals surface area contributed by atoms with Crippen LogP contribution in [0.5, 0.6) is 11.5 Å². The summed E-state index contributed by atoms with van der Waals surface area (Å²) in [5.41, 5.74) is 13.6. The van der Waals surface area contributed by atoms with Crippen molar-refractivity contribution in [1.82, 2.24) is 9.88 Å². The number of esters is 1. The van der Waals surface area contributed by atoms with E-state index in [-0.39, 0.29) is 12.5 Å². The fraction of sp³-hybridized carbons (Fsp3) is 0.250. The smallest absolute Gasteiger partial charge is 0.340 e. The lowest BCUT2D eigenvalue weighted by atomic mass is 9.93. The molecule has 0 saturated heterocycles. The molecule has 1 aromatic heterocycles. The SMILES string of the molecule is CCOC(=O)c1c(-c2cccc(C(=O)NCc3ccc(N)cc3)c2)c(C)n2c1-c1cc(OC)c(OC)cc1CC2. The van der Waals surface area contributed by atoms with Crippen molar-refractivity contribution in [3.63, 3.8) is 0 Å². The molecule has 1 aliphatic rings. The van der Waals surface area contributed by atoms with E-state index in [1.807, 2.05) is 49.4 Å². The quantitative estimate of drug-likeness (QED) is 0.230. The molecule has 4 aromatic rings. The van der Waals surface area contributed by atoms with Crippen LogP contribution in [0.25, 0.3) is 22.4 Å². The van der Waals surface area contributed by atoms with Crippen molar-refractivity contribution in [3.8, 4) is 33.9 Å². The molecule has 0 spiro atoms. The predicted octanol–water partition coefficient (Wildman–Crippen LogP) is 5.39. The molecule has 0 atom stereocenters. The van der Waals surface area contributed by atoms with Crippen LogP contribution in [0.4, 0.5) is 5.69 Å². The third kappa shape index (κ3) is 4.88. The molecule has 8 nitrogen and oxygen atoms in total. The van der Waals surface area contributed by atoms with Crippen LogP contribution in [0, 0.1) is 6.92 Å². The number of nitrogens with one attached hydrogen (secondary N) is 1. The number of aryl methyl sites for hydroxylation is 1. The van der Waals surface area contributed by atoms with Crippen molar-refractivity contribution in [1.29, 1.82) is 0 Å². The Labute approximate surface area is 233 Å². The topological polar surface area (TPSA) is 105 Å². The molecule has 1 aliphatic heterocycles. The molecule has 5 rings (SSSR count). The Balaban J connectivity index is 1.59. The van der Waals surface area contributed by atoms with Gasteiger partial charge in [0.15, 0.2) is 11.5 Å². The maximum absolute atomic E-state index is 13.5. The number of aromatic nitrogens is 1. The zero-order chi connectivity index (χ0) is 28.4. The maximum Gasteiger partial charge on any atom is 0.340 e. The second-order valence-corrected chi connectivity index (χ2v) is 9.68. The molecule has 0 bridgehead atoms. The molecular formula is C32H33N3O5. The van der Waals surface area contributed by atoms with Gasteiger partial charge >= 0.3 is 5.97 Å². The first-order chi connectivity index (χ1) is 19.4. The van der Waals surface area contributed by atoms with Crippen molar-refractivity contribution in [2.75, 3.05) is 26.6 Å². The van der Waals surface area contributed by atoms with Gasteiger partial charge in [-0.1, -0.05) is 24.3 Å². The van der Waals surface area contributed by atoms with Gasteiger partial charge < -0.3 is 29.8 Å². The highest BCUT2D eigenvalue weighted by Gasteiger charge is 2.32. The second kappa shape index (κ2) is 11.2. The molecule has 0 aliphatic carbocycles. The van der Waals surface area contributed by atoms with Gasteiger partial charge in [0.25, 0.3) is 5.91 Å². The average Bonchev–Trinajstić information content (AvgIpc) is 3.28. The Bertz CT molecular complexity index is 1590. The van der Waals surface area contributed by atoms with Crippen LogP contribution in [0.2, 0.25) is 0 Å². The minimum absolute atomic E-state index is 0.208. The van der Waals surface area contributed by atoms with E-state index >= 15 is 0 Å². The highest BCUT2D eigenvalue weighted by atomic mass is 16.5. The van der Waals surface area contributed by atoms with E-state index in [2.05, 4.69) is 9.88 Å². The van der Waals surface area contributed by atoms with Crippen LogP contribution in [0.3, 0.4) is 0 Å². The highest BCUT2D eigenvalue weighted by molar-refractivity contribution is 6.06. The van der Waals surface area contributed by atoms with Gasteiger partial charge in [-0.3, -0.25) is 4.79 Å². The van der Waals surface area contributed by atoms with Crippen molar-refractivity contribution in [3.05, 3.63) is 88.6 Å². The standard InChI is InChI=1S/C32H33N3O5/c1-5-40-32(37)29-28(19(2)35-14-13-21-16-26(38-3)27(39-4)17-25(21)30(29)35)22-7-6-8-23(15-22)31(36)34-18-20-9-11-24(33)12-10-20/h6-12,15-17H,5,13-14,18,33H2,1-4H3,(H,34,36). The average molecular weight is 540 g/mol. The summed E-state index contributed by atoms with van der Waals surface area (Å²) < 4.78 is 18.8. The zero-order valence-corrected chi connectivity index (χ0v) is 23.2. The van der Waals surface area contributed by atoms with Crippen LogP contribution < -0.4 is 20.5 Å². The summed E-state index contributed by atoms with van der Waals surface area (Å²) in [7, 11) is 3.21. The van der Waals surface area contributed by atoms with Gasteiger partial charge in [-0.05, 0) is 73.4 Å². The lowest BCUT2D eigenvalue weighted by Crippen LogP contribution is -2.22. The van der Waals surface area contributed by atoms with E-state index < -0.39 is 5.97 Å². The molecule has 40 heavy (non-hydrogen) atoms. The Morgan fingerprint density at radius 2 is 1.73 bits per heavy atom. The number of nitrogens with zero attached hydrogens (tertiary/aromatic N) is 1. The van der Waals surface area contributed by atoms with Crippen molar-refractivity contribution >= 4 is 17.6 Å². The first-order valence-corrected chi connectivity index (χ1v) is 13.2. The number of anilines is 1. The first-order valence-electron chi connectivity index (χ1n) is 13.2. The van der Waals surface area contributed by atoms with Gasteiger partial charge in [-0.15, -0.1) is 0 Å². The molecule has 0 fully saturated rings. The Kier molecular flexibility index (Phi) is 7.51. The van der Waals surface area contributed by atoms with Gasteiger partial charge in [0, 0.05) is 41.2 Å². The lowest BCUT2D eigenvalue weighted by Gasteiger charge is -2.23. The van der Waals surface area contributed by atoms with Gasteiger partial charge in [0.1, 0.15) is 0 Å². The number of hydrogen-bond donors (Lipinski definition) is 2. The number of amides is 1. The molecule has 0 saturated carbocycles. The number of ether oxygens (including phenoxy) is 3. The molecular weight excluding hydrogens is 506 g/mol. The molecule has 0 radical (unpaired) electrons.